The van der Waals surface area contributed by atoms with Gasteiger partial charge in [0, 0.05) is 24.2 Å². The van der Waals surface area contributed by atoms with Crippen LogP contribution in [0, 0.1) is 11.8 Å². The first kappa shape index (κ1) is 17.1. The maximum Gasteiger partial charge on any atom is 0.0227 e. The van der Waals surface area contributed by atoms with Gasteiger partial charge in [-0.3, -0.25) is 0 Å². The molecule has 3 aliphatic heterocycles. The normalized spacial score (nSPS) is 44.3. The lowest BCUT2D eigenvalue weighted by molar-refractivity contribution is 0.129. The van der Waals surface area contributed by atoms with Gasteiger partial charge >= 0.3 is 0 Å². The lowest BCUT2D eigenvalue weighted by Crippen LogP contribution is -2.62. The Morgan fingerprint density at radius 3 is 1.83 bits per heavy atom. The molecular formula is C21H37N3. The molecule has 3 nitrogen and oxygen atoms in total. The minimum Gasteiger partial charge on any atom is -0.312 e. The van der Waals surface area contributed by atoms with Gasteiger partial charge in [0.15, 0.2) is 0 Å². The molecule has 3 N–H and O–H groups in total. The molecule has 3 saturated heterocycles. The minimum absolute atomic E-state index is 0.688. The van der Waals surface area contributed by atoms with Gasteiger partial charge in [-0.2, -0.15) is 0 Å². The highest BCUT2D eigenvalue weighted by Gasteiger charge is 2.38. The second-order valence-electron chi connectivity index (χ2n) is 8.75. The number of hydrogen-bond donors (Lipinski definition) is 3. The van der Waals surface area contributed by atoms with Crippen molar-refractivity contribution in [3.63, 3.8) is 0 Å². The molecule has 4 aliphatic rings. The molecule has 0 aromatic carbocycles. The summed E-state index contributed by atoms with van der Waals surface area (Å²) in [6, 6.07) is 2.79. The van der Waals surface area contributed by atoms with Crippen molar-refractivity contribution in [2.24, 2.45) is 11.8 Å². The van der Waals surface area contributed by atoms with E-state index < -0.39 is 0 Å². The van der Waals surface area contributed by atoms with Crippen LogP contribution in [0.4, 0.5) is 0 Å². The largest absolute Gasteiger partial charge is 0.312 e. The van der Waals surface area contributed by atoms with Gasteiger partial charge in [0.2, 0.25) is 0 Å². The van der Waals surface area contributed by atoms with Gasteiger partial charge in [0.25, 0.3) is 0 Å². The van der Waals surface area contributed by atoms with Crippen LogP contribution in [0.2, 0.25) is 0 Å². The zero-order valence-electron chi connectivity index (χ0n) is 15.3. The monoisotopic (exact) mass is 331 g/mol. The standard InChI is InChI=1S/C21H37N3/c1-2-8-16(9-3-1)17-14-20(18-10-4-6-12-22-18)24-21(15-17)19-11-5-7-13-23-19/h2,8,16-24H,1,3-7,9-15H2. The van der Waals surface area contributed by atoms with E-state index in [9.17, 15) is 0 Å². The van der Waals surface area contributed by atoms with Crippen molar-refractivity contribution in [3.05, 3.63) is 12.2 Å². The lowest BCUT2D eigenvalue weighted by atomic mass is 9.72. The summed E-state index contributed by atoms with van der Waals surface area (Å²) in [5, 5.41) is 11.8. The van der Waals surface area contributed by atoms with Crippen molar-refractivity contribution in [1.82, 2.24) is 16.0 Å². The average molecular weight is 332 g/mol. The third-order valence-corrected chi connectivity index (χ3v) is 7.11. The van der Waals surface area contributed by atoms with E-state index in [-0.39, 0.29) is 0 Å². The zero-order valence-corrected chi connectivity index (χ0v) is 15.3. The smallest absolute Gasteiger partial charge is 0.0227 e. The number of piperidine rings is 3. The highest BCUT2D eigenvalue weighted by molar-refractivity contribution is 5.03. The number of rotatable bonds is 3. The molecule has 0 radical (unpaired) electrons. The van der Waals surface area contributed by atoms with E-state index in [2.05, 4.69) is 28.1 Å². The predicted octanol–water partition coefficient (Wildman–Crippen LogP) is 3.36. The molecule has 5 atom stereocenters. The van der Waals surface area contributed by atoms with E-state index in [1.807, 2.05) is 0 Å². The van der Waals surface area contributed by atoms with Crippen LogP contribution in [0.1, 0.15) is 70.6 Å². The van der Waals surface area contributed by atoms with Crippen LogP contribution in [-0.4, -0.2) is 37.3 Å². The second-order valence-corrected chi connectivity index (χ2v) is 8.75. The van der Waals surface area contributed by atoms with Crippen LogP contribution in [0.3, 0.4) is 0 Å². The zero-order chi connectivity index (χ0) is 16.2. The summed E-state index contributed by atoms with van der Waals surface area (Å²) in [6.45, 7) is 2.45. The first-order valence-electron chi connectivity index (χ1n) is 10.8. The third-order valence-electron chi connectivity index (χ3n) is 7.11. The van der Waals surface area contributed by atoms with E-state index in [1.54, 1.807) is 0 Å². The van der Waals surface area contributed by atoms with Crippen molar-refractivity contribution in [2.75, 3.05) is 13.1 Å². The Morgan fingerprint density at radius 2 is 1.33 bits per heavy atom. The Balaban J connectivity index is 1.46. The molecule has 24 heavy (non-hydrogen) atoms. The van der Waals surface area contributed by atoms with Crippen LogP contribution in [0.5, 0.6) is 0 Å². The molecule has 0 aromatic rings. The van der Waals surface area contributed by atoms with Crippen LogP contribution in [-0.2, 0) is 0 Å². The Labute approximate surface area is 148 Å². The molecule has 0 amide bonds. The third kappa shape index (κ3) is 4.05. The van der Waals surface area contributed by atoms with Crippen LogP contribution in [0.25, 0.3) is 0 Å². The highest BCUT2D eigenvalue weighted by Crippen LogP contribution is 2.36. The van der Waals surface area contributed by atoms with Gasteiger partial charge in [-0.1, -0.05) is 25.0 Å². The van der Waals surface area contributed by atoms with Gasteiger partial charge in [-0.05, 0) is 82.7 Å². The molecule has 4 rings (SSSR count). The van der Waals surface area contributed by atoms with E-state index in [0.29, 0.717) is 24.2 Å². The number of nitrogens with one attached hydrogen (secondary N) is 3. The van der Waals surface area contributed by atoms with E-state index in [0.717, 1.165) is 11.8 Å². The predicted molar refractivity (Wildman–Crippen MR) is 101 cm³/mol. The SMILES string of the molecule is C1=CC(C2CC(C3CCCCN3)NC(C3CCCCN3)C2)CCC1. The topological polar surface area (TPSA) is 36.1 Å². The first-order chi connectivity index (χ1) is 11.9. The van der Waals surface area contributed by atoms with Crippen molar-refractivity contribution in [3.8, 4) is 0 Å². The summed E-state index contributed by atoms with van der Waals surface area (Å²) in [7, 11) is 0. The molecule has 0 spiro atoms. The van der Waals surface area contributed by atoms with Crippen molar-refractivity contribution < 1.29 is 0 Å². The molecule has 3 heterocycles. The van der Waals surface area contributed by atoms with E-state index in [4.69, 9.17) is 0 Å². The number of allylic oxidation sites excluding steroid dienone is 2. The van der Waals surface area contributed by atoms with E-state index >= 15 is 0 Å². The molecular weight excluding hydrogens is 294 g/mol. The Kier molecular flexibility index (Phi) is 5.92. The fourth-order valence-electron chi connectivity index (χ4n) is 5.75. The highest BCUT2D eigenvalue weighted by atomic mass is 15.1. The lowest BCUT2D eigenvalue weighted by Gasteiger charge is -2.47. The Morgan fingerprint density at radius 1 is 0.667 bits per heavy atom. The summed E-state index contributed by atoms with van der Waals surface area (Å²) in [4.78, 5) is 0. The molecule has 0 saturated carbocycles. The minimum atomic E-state index is 0.688. The van der Waals surface area contributed by atoms with Crippen LogP contribution < -0.4 is 16.0 Å². The van der Waals surface area contributed by atoms with Crippen molar-refractivity contribution >= 4 is 0 Å². The Hall–Kier alpha value is -0.380. The molecule has 136 valence electrons. The molecule has 0 bridgehead atoms. The molecule has 3 heteroatoms. The molecule has 0 aromatic heterocycles. The van der Waals surface area contributed by atoms with Gasteiger partial charge in [-0.25, -0.2) is 0 Å². The summed E-state index contributed by atoms with van der Waals surface area (Å²) in [5.41, 5.74) is 0. The Bertz CT molecular complexity index is 383. The van der Waals surface area contributed by atoms with Gasteiger partial charge in [-0.15, -0.1) is 0 Å². The maximum absolute atomic E-state index is 4.11. The molecule has 5 unspecified atom stereocenters. The summed E-state index contributed by atoms with van der Waals surface area (Å²) < 4.78 is 0. The second kappa shape index (κ2) is 8.33. The summed E-state index contributed by atoms with van der Waals surface area (Å²) in [6.07, 6.45) is 20.2. The van der Waals surface area contributed by atoms with E-state index in [1.165, 1.54) is 83.7 Å². The summed E-state index contributed by atoms with van der Waals surface area (Å²) in [5.74, 6) is 1.74. The quantitative estimate of drug-likeness (QED) is 0.694. The van der Waals surface area contributed by atoms with Crippen LogP contribution in [0.15, 0.2) is 12.2 Å². The van der Waals surface area contributed by atoms with Gasteiger partial charge in [0.05, 0.1) is 0 Å². The average Bonchev–Trinajstić information content (AvgIpc) is 2.70. The fraction of sp³-hybridized carbons (Fsp3) is 0.905. The first-order valence-corrected chi connectivity index (χ1v) is 10.8. The molecule has 3 fully saturated rings. The fourth-order valence-corrected chi connectivity index (χ4v) is 5.75. The van der Waals surface area contributed by atoms with Gasteiger partial charge < -0.3 is 16.0 Å². The van der Waals surface area contributed by atoms with Crippen molar-refractivity contribution in [1.29, 1.82) is 0 Å². The summed E-state index contributed by atoms with van der Waals surface area (Å²) >= 11 is 0. The van der Waals surface area contributed by atoms with Crippen LogP contribution >= 0.6 is 0 Å². The molecule has 1 aliphatic carbocycles. The number of hydrogen-bond acceptors (Lipinski definition) is 3. The van der Waals surface area contributed by atoms with Gasteiger partial charge in [0.1, 0.15) is 0 Å². The maximum atomic E-state index is 4.11. The van der Waals surface area contributed by atoms with Crippen molar-refractivity contribution in [2.45, 2.75) is 94.8 Å².